The van der Waals surface area contributed by atoms with Crippen LogP contribution in [0.5, 0.6) is 0 Å². The van der Waals surface area contributed by atoms with Gasteiger partial charge in [0.1, 0.15) is 0 Å². The predicted octanol–water partition coefficient (Wildman–Crippen LogP) is 3.74. The summed E-state index contributed by atoms with van der Waals surface area (Å²) in [5.74, 6) is 1.31. The maximum absolute atomic E-state index is 6.29. The summed E-state index contributed by atoms with van der Waals surface area (Å²) in [6, 6.07) is 0.397. The average molecular weight is 227 g/mol. The molecule has 0 aliphatic carbocycles. The molecule has 1 fully saturated rings. The first-order valence-corrected chi connectivity index (χ1v) is 7.18. The predicted molar refractivity (Wildman–Crippen MR) is 71.4 cm³/mol. The summed E-state index contributed by atoms with van der Waals surface area (Å²) >= 11 is 2.08. The van der Waals surface area contributed by atoms with E-state index in [-0.39, 0.29) is 0 Å². The Bertz CT molecular complexity index is 185. The van der Waals surface area contributed by atoms with Crippen molar-refractivity contribution in [3.63, 3.8) is 0 Å². The van der Waals surface area contributed by atoms with E-state index in [9.17, 15) is 0 Å². The monoisotopic (exact) mass is 227 g/mol. The van der Waals surface area contributed by atoms with Gasteiger partial charge in [-0.15, -0.1) is 6.58 Å². The van der Waals surface area contributed by atoms with Crippen molar-refractivity contribution in [3.8, 4) is 0 Å². The summed E-state index contributed by atoms with van der Waals surface area (Å²) in [6.07, 6.45) is 10.9. The highest BCUT2D eigenvalue weighted by atomic mass is 32.2. The van der Waals surface area contributed by atoms with Crippen LogP contribution in [0.4, 0.5) is 0 Å². The topological polar surface area (TPSA) is 26.0 Å². The van der Waals surface area contributed by atoms with Crippen molar-refractivity contribution in [3.05, 3.63) is 12.7 Å². The van der Waals surface area contributed by atoms with E-state index in [4.69, 9.17) is 5.73 Å². The number of rotatable bonds is 7. The molecule has 2 unspecified atom stereocenters. The minimum Gasteiger partial charge on any atom is -0.326 e. The van der Waals surface area contributed by atoms with Gasteiger partial charge in [-0.1, -0.05) is 18.9 Å². The third-order valence-electron chi connectivity index (χ3n) is 3.46. The smallest absolute Gasteiger partial charge is 0.0283 e. The number of allylic oxidation sites excluding steroid dienone is 1. The van der Waals surface area contributed by atoms with Crippen LogP contribution >= 0.6 is 11.8 Å². The number of hydrogen-bond acceptors (Lipinski definition) is 2. The Labute approximate surface area is 98.9 Å². The molecule has 0 bridgehead atoms. The van der Waals surface area contributed by atoms with E-state index in [0.717, 1.165) is 6.42 Å². The lowest BCUT2D eigenvalue weighted by molar-refractivity contribution is 0.441. The van der Waals surface area contributed by atoms with Gasteiger partial charge in [-0.05, 0) is 44.8 Å². The van der Waals surface area contributed by atoms with Crippen LogP contribution in [0.3, 0.4) is 0 Å². The normalized spacial score (nSPS) is 27.9. The van der Waals surface area contributed by atoms with Crippen LogP contribution in [0.2, 0.25) is 0 Å². The van der Waals surface area contributed by atoms with Crippen LogP contribution in [-0.4, -0.2) is 16.5 Å². The third kappa shape index (κ3) is 4.20. The number of thioether (sulfide) groups is 1. The molecule has 15 heavy (non-hydrogen) atoms. The highest BCUT2D eigenvalue weighted by Crippen LogP contribution is 2.40. The molecule has 1 rings (SSSR count). The Balaban J connectivity index is 2.12. The second kappa shape index (κ2) is 6.59. The quantitative estimate of drug-likeness (QED) is 0.530. The van der Waals surface area contributed by atoms with E-state index in [1.807, 2.05) is 6.08 Å². The van der Waals surface area contributed by atoms with Crippen molar-refractivity contribution in [2.75, 3.05) is 5.75 Å². The molecule has 0 amide bonds. The van der Waals surface area contributed by atoms with Crippen LogP contribution in [0, 0.1) is 0 Å². The first-order valence-electron chi connectivity index (χ1n) is 6.19. The fourth-order valence-electron chi connectivity index (χ4n) is 2.23. The third-order valence-corrected chi connectivity index (χ3v) is 5.12. The molecule has 0 spiro atoms. The number of nitrogens with two attached hydrogens (primary N) is 1. The summed E-state index contributed by atoms with van der Waals surface area (Å²) in [7, 11) is 0. The lowest BCUT2D eigenvalue weighted by atomic mass is 9.92. The Morgan fingerprint density at radius 2 is 2.27 bits per heavy atom. The Kier molecular flexibility index (Phi) is 5.77. The van der Waals surface area contributed by atoms with Gasteiger partial charge in [-0.3, -0.25) is 0 Å². The molecule has 0 saturated carbocycles. The minimum atomic E-state index is 0.373. The lowest BCUT2D eigenvalue weighted by Crippen LogP contribution is -2.41. The molecular weight excluding hydrogens is 202 g/mol. The highest BCUT2D eigenvalue weighted by Gasteiger charge is 2.34. The fraction of sp³-hybridized carbons (Fsp3) is 0.846. The van der Waals surface area contributed by atoms with Crippen LogP contribution < -0.4 is 5.73 Å². The summed E-state index contributed by atoms with van der Waals surface area (Å²) in [5.41, 5.74) is 6.29. The van der Waals surface area contributed by atoms with Crippen molar-refractivity contribution in [2.45, 2.75) is 62.7 Å². The van der Waals surface area contributed by atoms with Crippen molar-refractivity contribution in [1.82, 2.24) is 0 Å². The van der Waals surface area contributed by atoms with Crippen molar-refractivity contribution in [1.29, 1.82) is 0 Å². The summed E-state index contributed by atoms with van der Waals surface area (Å²) in [6.45, 7) is 6.09. The van der Waals surface area contributed by atoms with Gasteiger partial charge in [0.25, 0.3) is 0 Å². The van der Waals surface area contributed by atoms with Gasteiger partial charge >= 0.3 is 0 Å². The molecule has 1 nitrogen and oxygen atoms in total. The van der Waals surface area contributed by atoms with Crippen LogP contribution in [0.1, 0.15) is 51.9 Å². The summed E-state index contributed by atoms with van der Waals surface area (Å²) in [5, 5.41) is 0. The molecular formula is C13H25NS. The van der Waals surface area contributed by atoms with Gasteiger partial charge in [-0.25, -0.2) is 0 Å². The van der Waals surface area contributed by atoms with E-state index in [0.29, 0.717) is 10.8 Å². The maximum atomic E-state index is 6.29. The van der Waals surface area contributed by atoms with Crippen molar-refractivity contribution in [2.24, 2.45) is 5.73 Å². The molecule has 2 heteroatoms. The molecule has 88 valence electrons. The molecule has 0 aromatic rings. The number of hydrogen-bond donors (Lipinski definition) is 1. The van der Waals surface area contributed by atoms with E-state index in [1.54, 1.807) is 0 Å². The minimum absolute atomic E-state index is 0.373. The van der Waals surface area contributed by atoms with Crippen molar-refractivity contribution < 1.29 is 0 Å². The zero-order valence-corrected chi connectivity index (χ0v) is 10.8. The van der Waals surface area contributed by atoms with Gasteiger partial charge in [0.15, 0.2) is 0 Å². The molecule has 0 aromatic carbocycles. The number of unbranched alkanes of at least 4 members (excludes halogenated alkanes) is 3. The zero-order chi connectivity index (χ0) is 11.1. The van der Waals surface area contributed by atoms with E-state index < -0.39 is 0 Å². The fourth-order valence-corrected chi connectivity index (χ4v) is 3.60. The largest absolute Gasteiger partial charge is 0.326 e. The van der Waals surface area contributed by atoms with Crippen LogP contribution in [-0.2, 0) is 0 Å². The second-order valence-electron chi connectivity index (χ2n) is 4.80. The second-order valence-corrected chi connectivity index (χ2v) is 6.43. The lowest BCUT2D eigenvalue weighted by Gasteiger charge is -2.30. The SMILES string of the molecule is C=CCCCCCC(N)C1(C)CCCS1. The van der Waals surface area contributed by atoms with Crippen molar-refractivity contribution >= 4 is 11.8 Å². The van der Waals surface area contributed by atoms with E-state index in [1.165, 1.54) is 44.3 Å². The van der Waals surface area contributed by atoms with Gasteiger partial charge in [0.2, 0.25) is 0 Å². The standard InChI is InChI=1S/C13H25NS/c1-3-4-5-6-7-9-12(14)13(2)10-8-11-15-13/h3,12H,1,4-11,14H2,2H3. The van der Waals surface area contributed by atoms with Crippen LogP contribution in [0.25, 0.3) is 0 Å². The first-order chi connectivity index (χ1) is 7.19. The molecule has 1 aliphatic rings. The maximum Gasteiger partial charge on any atom is 0.0283 e. The molecule has 1 aliphatic heterocycles. The van der Waals surface area contributed by atoms with E-state index >= 15 is 0 Å². The zero-order valence-electron chi connectivity index (χ0n) is 10.0. The molecule has 0 aromatic heterocycles. The summed E-state index contributed by atoms with van der Waals surface area (Å²) in [4.78, 5) is 0. The van der Waals surface area contributed by atoms with Gasteiger partial charge in [-0.2, -0.15) is 11.8 Å². The average Bonchev–Trinajstić information content (AvgIpc) is 2.66. The Hall–Kier alpha value is 0.0500. The Morgan fingerprint density at radius 1 is 1.47 bits per heavy atom. The van der Waals surface area contributed by atoms with Gasteiger partial charge in [0.05, 0.1) is 0 Å². The van der Waals surface area contributed by atoms with Gasteiger partial charge in [0, 0.05) is 10.8 Å². The van der Waals surface area contributed by atoms with Crippen LogP contribution in [0.15, 0.2) is 12.7 Å². The Morgan fingerprint density at radius 3 is 2.87 bits per heavy atom. The highest BCUT2D eigenvalue weighted by molar-refractivity contribution is 8.00. The van der Waals surface area contributed by atoms with E-state index in [2.05, 4.69) is 25.3 Å². The van der Waals surface area contributed by atoms with Gasteiger partial charge < -0.3 is 5.73 Å². The molecule has 1 saturated heterocycles. The first kappa shape index (κ1) is 13.1. The molecule has 2 N–H and O–H groups in total. The summed E-state index contributed by atoms with van der Waals surface area (Å²) < 4.78 is 0.373. The molecule has 2 atom stereocenters. The molecule has 0 radical (unpaired) electrons. The molecule has 1 heterocycles.